The predicted octanol–water partition coefficient (Wildman–Crippen LogP) is 4.23. The van der Waals surface area contributed by atoms with Crippen LogP contribution in [0.4, 0.5) is 0 Å². The average molecular weight is 414 g/mol. The Balaban J connectivity index is 2.20. The lowest BCUT2D eigenvalue weighted by atomic mass is 9.93. The number of hydrogen-bond donors (Lipinski definition) is 0. The SMILES string of the molecule is COC(=O)CN1Cc2nc(C)c(CCl)c(-c3ccc(Cl)cc3Cl)c2C1=O. The van der Waals surface area contributed by atoms with E-state index in [1.165, 1.54) is 12.0 Å². The summed E-state index contributed by atoms with van der Waals surface area (Å²) in [7, 11) is 1.28. The van der Waals surface area contributed by atoms with Gasteiger partial charge in [0.15, 0.2) is 0 Å². The van der Waals surface area contributed by atoms with Crippen LogP contribution in [0, 0.1) is 6.92 Å². The number of fused-ring (bicyclic) bond motifs is 1. The number of esters is 1. The van der Waals surface area contributed by atoms with E-state index >= 15 is 0 Å². The summed E-state index contributed by atoms with van der Waals surface area (Å²) >= 11 is 18.5. The van der Waals surface area contributed by atoms with Gasteiger partial charge >= 0.3 is 5.97 Å². The lowest BCUT2D eigenvalue weighted by Crippen LogP contribution is -2.30. The van der Waals surface area contributed by atoms with E-state index in [2.05, 4.69) is 9.72 Å². The van der Waals surface area contributed by atoms with Crippen molar-refractivity contribution in [3.63, 3.8) is 0 Å². The van der Waals surface area contributed by atoms with Gasteiger partial charge in [-0.3, -0.25) is 14.6 Å². The van der Waals surface area contributed by atoms with Crippen LogP contribution >= 0.6 is 34.8 Å². The lowest BCUT2D eigenvalue weighted by molar-refractivity contribution is -0.141. The molecule has 1 aliphatic heterocycles. The molecule has 0 bridgehead atoms. The maximum Gasteiger partial charge on any atom is 0.325 e. The molecule has 5 nitrogen and oxygen atoms in total. The third-order valence-electron chi connectivity index (χ3n) is 4.30. The summed E-state index contributed by atoms with van der Waals surface area (Å²) < 4.78 is 4.66. The summed E-state index contributed by atoms with van der Waals surface area (Å²) in [5.74, 6) is -0.623. The number of amides is 1. The van der Waals surface area contributed by atoms with Gasteiger partial charge in [-0.1, -0.05) is 29.3 Å². The number of nitrogens with zero attached hydrogens (tertiary/aromatic N) is 2. The van der Waals surface area contributed by atoms with E-state index in [9.17, 15) is 9.59 Å². The number of alkyl halides is 1. The number of rotatable bonds is 4. The maximum atomic E-state index is 13.0. The molecule has 1 aliphatic rings. The first-order valence-electron chi connectivity index (χ1n) is 7.77. The molecule has 0 aliphatic carbocycles. The molecule has 0 radical (unpaired) electrons. The minimum absolute atomic E-state index is 0.144. The molecule has 1 amide bonds. The fourth-order valence-corrected chi connectivity index (χ4v) is 3.89. The number of benzene rings is 1. The molecular weight excluding hydrogens is 399 g/mol. The van der Waals surface area contributed by atoms with E-state index in [0.717, 1.165) is 5.56 Å². The highest BCUT2D eigenvalue weighted by atomic mass is 35.5. The number of aromatic nitrogens is 1. The van der Waals surface area contributed by atoms with Crippen molar-refractivity contribution < 1.29 is 14.3 Å². The molecule has 8 heteroatoms. The maximum absolute atomic E-state index is 13.0. The second-order valence-electron chi connectivity index (χ2n) is 5.87. The topological polar surface area (TPSA) is 59.5 Å². The van der Waals surface area contributed by atoms with Crippen molar-refractivity contribution >= 4 is 46.7 Å². The van der Waals surface area contributed by atoms with Gasteiger partial charge in [0.25, 0.3) is 5.91 Å². The quantitative estimate of drug-likeness (QED) is 0.556. The molecule has 2 aromatic rings. The van der Waals surface area contributed by atoms with E-state index in [-0.39, 0.29) is 24.9 Å². The number of aryl methyl sites for hydroxylation is 1. The van der Waals surface area contributed by atoms with Crippen LogP contribution in [0.3, 0.4) is 0 Å². The number of halogens is 3. The number of carbonyl (C=O) groups is 2. The first-order chi connectivity index (χ1) is 12.4. The molecule has 3 rings (SSSR count). The molecule has 0 fully saturated rings. The molecule has 1 aromatic heterocycles. The Bertz CT molecular complexity index is 915. The summed E-state index contributed by atoms with van der Waals surface area (Å²) in [5.41, 5.74) is 3.74. The minimum Gasteiger partial charge on any atom is -0.468 e. The summed E-state index contributed by atoms with van der Waals surface area (Å²) in [6.07, 6.45) is 0. The van der Waals surface area contributed by atoms with Crippen LogP contribution in [0.25, 0.3) is 11.1 Å². The average Bonchev–Trinajstić information content (AvgIpc) is 2.89. The summed E-state index contributed by atoms with van der Waals surface area (Å²) in [4.78, 5) is 30.5. The molecule has 0 saturated carbocycles. The third-order valence-corrected chi connectivity index (χ3v) is 5.12. The molecule has 136 valence electrons. The third kappa shape index (κ3) is 3.27. The van der Waals surface area contributed by atoms with E-state index in [1.807, 2.05) is 6.92 Å². The van der Waals surface area contributed by atoms with Crippen molar-refractivity contribution in [3.8, 4) is 11.1 Å². The van der Waals surface area contributed by atoms with Gasteiger partial charge in [0.1, 0.15) is 6.54 Å². The van der Waals surface area contributed by atoms with Gasteiger partial charge in [0, 0.05) is 32.7 Å². The van der Waals surface area contributed by atoms with Crippen molar-refractivity contribution in [1.29, 1.82) is 0 Å². The highest BCUT2D eigenvalue weighted by Gasteiger charge is 2.35. The molecule has 2 heterocycles. The Kier molecular flexibility index (Phi) is 5.42. The summed E-state index contributed by atoms with van der Waals surface area (Å²) in [5, 5.41) is 0.906. The highest BCUT2D eigenvalue weighted by molar-refractivity contribution is 6.36. The second kappa shape index (κ2) is 7.43. The molecular formula is C18H15Cl3N2O3. The van der Waals surface area contributed by atoms with Crippen molar-refractivity contribution in [1.82, 2.24) is 9.88 Å². The van der Waals surface area contributed by atoms with Gasteiger partial charge in [-0.05, 0) is 24.6 Å². The lowest BCUT2D eigenvalue weighted by Gasteiger charge is -2.16. The molecule has 0 spiro atoms. The zero-order chi connectivity index (χ0) is 19.0. The van der Waals surface area contributed by atoms with E-state index in [4.69, 9.17) is 34.8 Å². The van der Waals surface area contributed by atoms with E-state index in [1.54, 1.807) is 18.2 Å². The Morgan fingerprint density at radius 2 is 2.04 bits per heavy atom. The normalized spacial score (nSPS) is 13.1. The minimum atomic E-state index is -0.494. The molecule has 0 saturated heterocycles. The van der Waals surface area contributed by atoms with Crippen LogP contribution < -0.4 is 0 Å². The number of carbonyl (C=O) groups excluding carboxylic acids is 2. The first kappa shape index (κ1) is 19.0. The fourth-order valence-electron chi connectivity index (χ4n) is 3.06. The van der Waals surface area contributed by atoms with Gasteiger partial charge < -0.3 is 9.64 Å². The zero-order valence-electron chi connectivity index (χ0n) is 14.1. The summed E-state index contributed by atoms with van der Waals surface area (Å²) in [6.45, 7) is 1.92. The van der Waals surface area contributed by atoms with E-state index in [0.29, 0.717) is 38.1 Å². The fraction of sp³-hybridized carbons (Fsp3) is 0.278. The van der Waals surface area contributed by atoms with Crippen LogP contribution in [0.2, 0.25) is 10.0 Å². The predicted molar refractivity (Wildman–Crippen MR) is 101 cm³/mol. The van der Waals surface area contributed by atoms with Gasteiger partial charge in [-0.2, -0.15) is 0 Å². The van der Waals surface area contributed by atoms with Gasteiger partial charge in [-0.25, -0.2) is 0 Å². The Morgan fingerprint density at radius 1 is 1.31 bits per heavy atom. The van der Waals surface area contributed by atoms with Gasteiger partial charge in [0.05, 0.1) is 24.9 Å². The Hall–Kier alpha value is -1.82. The highest BCUT2D eigenvalue weighted by Crippen LogP contribution is 2.40. The smallest absolute Gasteiger partial charge is 0.325 e. The molecule has 0 atom stereocenters. The van der Waals surface area contributed by atoms with Crippen LogP contribution in [-0.2, 0) is 22.0 Å². The largest absolute Gasteiger partial charge is 0.468 e. The Morgan fingerprint density at radius 3 is 2.65 bits per heavy atom. The number of ether oxygens (including phenoxy) is 1. The van der Waals surface area contributed by atoms with Crippen molar-refractivity contribution in [2.24, 2.45) is 0 Å². The van der Waals surface area contributed by atoms with Gasteiger partial charge in [-0.15, -0.1) is 11.6 Å². The second-order valence-corrected chi connectivity index (χ2v) is 6.98. The van der Waals surface area contributed by atoms with E-state index < -0.39 is 5.97 Å². The monoisotopic (exact) mass is 412 g/mol. The number of pyridine rings is 1. The Labute approximate surface area is 165 Å². The molecule has 0 unspecified atom stereocenters. The van der Waals surface area contributed by atoms with Crippen LogP contribution in [0.5, 0.6) is 0 Å². The molecule has 0 N–H and O–H groups in total. The van der Waals surface area contributed by atoms with Crippen molar-refractivity contribution in [3.05, 3.63) is 50.8 Å². The van der Waals surface area contributed by atoms with Crippen LogP contribution in [-0.4, -0.2) is 35.4 Å². The standard InChI is InChI=1S/C18H15Cl3N2O3/c1-9-12(6-19)16(11-4-3-10(20)5-13(11)21)17-14(22-9)7-23(18(17)25)8-15(24)26-2/h3-5H,6-8H2,1-2H3. The summed E-state index contributed by atoms with van der Waals surface area (Å²) in [6, 6.07) is 5.07. The number of hydrogen-bond acceptors (Lipinski definition) is 4. The van der Waals surface area contributed by atoms with Crippen molar-refractivity contribution in [2.75, 3.05) is 13.7 Å². The van der Waals surface area contributed by atoms with Crippen LogP contribution in [0.1, 0.15) is 27.3 Å². The molecule has 26 heavy (non-hydrogen) atoms. The van der Waals surface area contributed by atoms with Gasteiger partial charge in [0.2, 0.25) is 0 Å². The zero-order valence-corrected chi connectivity index (χ0v) is 16.4. The molecule has 1 aromatic carbocycles. The van der Waals surface area contributed by atoms with Crippen molar-refractivity contribution in [2.45, 2.75) is 19.3 Å². The van der Waals surface area contributed by atoms with Crippen LogP contribution in [0.15, 0.2) is 18.2 Å². The first-order valence-corrected chi connectivity index (χ1v) is 9.06. The number of methoxy groups -OCH3 is 1.